The van der Waals surface area contributed by atoms with E-state index in [2.05, 4.69) is 5.32 Å². The second-order valence-electron chi connectivity index (χ2n) is 4.56. The van der Waals surface area contributed by atoms with E-state index in [-0.39, 0.29) is 5.91 Å². The molecule has 1 amide bonds. The van der Waals surface area contributed by atoms with Crippen molar-refractivity contribution in [2.24, 2.45) is 5.73 Å². The van der Waals surface area contributed by atoms with Crippen molar-refractivity contribution in [1.29, 1.82) is 0 Å². The molecule has 15 heavy (non-hydrogen) atoms. The number of rotatable bonds is 1. The van der Waals surface area contributed by atoms with Crippen molar-refractivity contribution in [3.8, 4) is 0 Å². The molecule has 0 aliphatic carbocycles. The summed E-state index contributed by atoms with van der Waals surface area (Å²) < 4.78 is 0. The van der Waals surface area contributed by atoms with Crippen LogP contribution in [0.5, 0.6) is 0 Å². The third-order valence-electron chi connectivity index (χ3n) is 3.24. The number of amides is 1. The molecule has 0 saturated heterocycles. The number of hydrogen-bond donors (Lipinski definition) is 2. The minimum Gasteiger partial charge on any atom is -0.326 e. The molecule has 1 aromatic rings. The van der Waals surface area contributed by atoms with Gasteiger partial charge in [-0.15, -0.1) is 0 Å². The molecule has 0 atom stereocenters. The van der Waals surface area contributed by atoms with E-state index in [4.69, 9.17) is 5.73 Å². The van der Waals surface area contributed by atoms with Gasteiger partial charge in [0.05, 0.1) is 5.41 Å². The molecule has 1 aromatic carbocycles. The number of anilines is 1. The van der Waals surface area contributed by atoms with Crippen molar-refractivity contribution < 1.29 is 4.79 Å². The van der Waals surface area contributed by atoms with E-state index in [1.165, 1.54) is 0 Å². The highest BCUT2D eigenvalue weighted by Crippen LogP contribution is 2.40. The Morgan fingerprint density at radius 2 is 2.07 bits per heavy atom. The number of benzene rings is 1. The van der Waals surface area contributed by atoms with Gasteiger partial charge >= 0.3 is 0 Å². The van der Waals surface area contributed by atoms with Crippen LogP contribution in [-0.4, -0.2) is 5.91 Å². The van der Waals surface area contributed by atoms with Crippen molar-refractivity contribution >= 4 is 11.6 Å². The fraction of sp³-hybridized carbons (Fsp3) is 0.417. The average Bonchev–Trinajstić information content (AvgIpc) is 2.39. The smallest absolute Gasteiger partial charge is 0.234 e. The van der Waals surface area contributed by atoms with Crippen LogP contribution in [-0.2, 0) is 16.8 Å². The Balaban J connectivity index is 2.68. The topological polar surface area (TPSA) is 55.1 Å². The van der Waals surface area contributed by atoms with Crippen LogP contribution < -0.4 is 11.1 Å². The zero-order valence-electron chi connectivity index (χ0n) is 9.35. The van der Waals surface area contributed by atoms with Crippen molar-refractivity contribution in [3.05, 3.63) is 28.8 Å². The summed E-state index contributed by atoms with van der Waals surface area (Å²) in [6.07, 6.45) is 0. The van der Waals surface area contributed by atoms with Gasteiger partial charge in [0.1, 0.15) is 0 Å². The van der Waals surface area contributed by atoms with Crippen molar-refractivity contribution in [1.82, 2.24) is 0 Å². The number of carbonyl (C=O) groups is 1. The largest absolute Gasteiger partial charge is 0.326 e. The molecule has 1 heterocycles. The van der Waals surface area contributed by atoms with Crippen LogP contribution >= 0.6 is 0 Å². The third-order valence-corrected chi connectivity index (χ3v) is 3.24. The van der Waals surface area contributed by atoms with Gasteiger partial charge in [-0.05, 0) is 43.5 Å². The maximum absolute atomic E-state index is 11.8. The van der Waals surface area contributed by atoms with Gasteiger partial charge in [-0.2, -0.15) is 0 Å². The fourth-order valence-corrected chi connectivity index (χ4v) is 2.28. The summed E-state index contributed by atoms with van der Waals surface area (Å²) in [5, 5.41) is 2.90. The van der Waals surface area contributed by atoms with E-state index in [1.807, 2.05) is 32.9 Å². The first kappa shape index (κ1) is 10.2. The van der Waals surface area contributed by atoms with Crippen molar-refractivity contribution in [2.45, 2.75) is 32.7 Å². The van der Waals surface area contributed by atoms with E-state index < -0.39 is 5.41 Å². The van der Waals surface area contributed by atoms with Crippen molar-refractivity contribution in [3.63, 3.8) is 0 Å². The fourth-order valence-electron chi connectivity index (χ4n) is 2.28. The Labute approximate surface area is 89.7 Å². The number of hydrogen-bond acceptors (Lipinski definition) is 2. The van der Waals surface area contributed by atoms with Gasteiger partial charge in [0.2, 0.25) is 5.91 Å². The SMILES string of the molecule is Cc1c(CN)ccc2c1C(C)(C)C(=O)N2. The minimum atomic E-state index is -0.440. The lowest BCUT2D eigenvalue weighted by atomic mass is 9.82. The quantitative estimate of drug-likeness (QED) is 0.731. The molecule has 0 radical (unpaired) electrons. The predicted molar refractivity (Wildman–Crippen MR) is 60.7 cm³/mol. The maximum Gasteiger partial charge on any atom is 0.234 e. The molecule has 3 heteroatoms. The number of nitrogens with two attached hydrogens (primary N) is 1. The highest BCUT2D eigenvalue weighted by atomic mass is 16.2. The van der Waals surface area contributed by atoms with Crippen LogP contribution in [0.3, 0.4) is 0 Å². The highest BCUT2D eigenvalue weighted by molar-refractivity contribution is 6.06. The maximum atomic E-state index is 11.8. The molecule has 0 aromatic heterocycles. The van der Waals surface area contributed by atoms with E-state index in [9.17, 15) is 4.79 Å². The average molecular weight is 204 g/mol. The minimum absolute atomic E-state index is 0.0646. The molecule has 0 unspecified atom stereocenters. The first-order valence-corrected chi connectivity index (χ1v) is 5.13. The number of fused-ring (bicyclic) bond motifs is 1. The molecule has 1 aliphatic heterocycles. The monoisotopic (exact) mass is 204 g/mol. The van der Waals surface area contributed by atoms with Gasteiger partial charge in [-0.1, -0.05) is 6.07 Å². The van der Waals surface area contributed by atoms with E-state index in [0.717, 1.165) is 22.4 Å². The molecule has 0 spiro atoms. The molecule has 80 valence electrons. The van der Waals surface area contributed by atoms with Crippen LogP contribution in [0.25, 0.3) is 0 Å². The van der Waals surface area contributed by atoms with Crippen LogP contribution in [0.4, 0.5) is 5.69 Å². The zero-order chi connectivity index (χ0) is 11.2. The van der Waals surface area contributed by atoms with Gasteiger partial charge in [0.15, 0.2) is 0 Å². The molecule has 1 aliphatic rings. The molecule has 2 rings (SSSR count). The summed E-state index contributed by atoms with van der Waals surface area (Å²) in [7, 11) is 0. The summed E-state index contributed by atoms with van der Waals surface area (Å²) in [5.41, 5.74) is 9.49. The van der Waals surface area contributed by atoms with E-state index in [0.29, 0.717) is 6.54 Å². The molecule has 0 bridgehead atoms. The normalized spacial score (nSPS) is 17.5. The second kappa shape index (κ2) is 3.07. The van der Waals surface area contributed by atoms with Crippen LogP contribution in [0.1, 0.15) is 30.5 Å². The van der Waals surface area contributed by atoms with Gasteiger partial charge in [0.25, 0.3) is 0 Å². The third kappa shape index (κ3) is 1.27. The molecule has 3 nitrogen and oxygen atoms in total. The Bertz CT molecular complexity index is 435. The van der Waals surface area contributed by atoms with Gasteiger partial charge in [-0.25, -0.2) is 0 Å². The van der Waals surface area contributed by atoms with Crippen LogP contribution in [0, 0.1) is 6.92 Å². The molecular formula is C12H16N2O. The standard InChI is InChI=1S/C12H16N2O/c1-7-8(6-13)4-5-9-10(7)12(2,3)11(15)14-9/h4-5H,6,13H2,1-3H3,(H,14,15). The van der Waals surface area contributed by atoms with Crippen molar-refractivity contribution in [2.75, 3.05) is 5.32 Å². The van der Waals surface area contributed by atoms with Gasteiger partial charge in [0, 0.05) is 12.2 Å². The lowest BCUT2D eigenvalue weighted by Crippen LogP contribution is -2.27. The predicted octanol–water partition coefficient (Wildman–Crippen LogP) is 1.68. The Morgan fingerprint density at radius 3 is 2.67 bits per heavy atom. The number of nitrogens with one attached hydrogen (secondary N) is 1. The first-order valence-electron chi connectivity index (χ1n) is 5.13. The summed E-state index contributed by atoms with van der Waals surface area (Å²) in [6.45, 7) is 6.44. The Hall–Kier alpha value is -1.35. The Kier molecular flexibility index (Phi) is 2.08. The van der Waals surface area contributed by atoms with E-state index in [1.54, 1.807) is 0 Å². The summed E-state index contributed by atoms with van der Waals surface area (Å²) >= 11 is 0. The highest BCUT2D eigenvalue weighted by Gasteiger charge is 2.39. The molecular weight excluding hydrogens is 188 g/mol. The van der Waals surface area contributed by atoms with E-state index >= 15 is 0 Å². The number of carbonyl (C=O) groups excluding carboxylic acids is 1. The van der Waals surface area contributed by atoms with Gasteiger partial charge in [-0.3, -0.25) is 4.79 Å². The summed E-state index contributed by atoms with van der Waals surface area (Å²) in [5.74, 6) is 0.0646. The lowest BCUT2D eigenvalue weighted by molar-refractivity contribution is -0.119. The lowest BCUT2D eigenvalue weighted by Gasteiger charge is -2.19. The summed E-state index contributed by atoms with van der Waals surface area (Å²) in [4.78, 5) is 11.8. The first-order chi connectivity index (χ1) is 6.98. The molecule has 0 saturated carbocycles. The van der Waals surface area contributed by atoms with Gasteiger partial charge < -0.3 is 11.1 Å². The van der Waals surface area contributed by atoms with Crippen LogP contribution in [0.2, 0.25) is 0 Å². The zero-order valence-corrected chi connectivity index (χ0v) is 9.35. The summed E-state index contributed by atoms with van der Waals surface area (Å²) in [6, 6.07) is 3.92. The molecule has 3 N–H and O–H groups in total. The second-order valence-corrected chi connectivity index (χ2v) is 4.56. The van der Waals surface area contributed by atoms with Crippen LogP contribution in [0.15, 0.2) is 12.1 Å². The molecule has 0 fully saturated rings. The Morgan fingerprint density at radius 1 is 1.40 bits per heavy atom.